The zero-order valence-electron chi connectivity index (χ0n) is 10.7. The Morgan fingerprint density at radius 1 is 1.10 bits per heavy atom. The lowest BCUT2D eigenvalue weighted by molar-refractivity contribution is 0.0697. The Balaban J connectivity index is 1.96. The van der Waals surface area contributed by atoms with Gasteiger partial charge in [0.1, 0.15) is 11.5 Å². The third-order valence-corrected chi connectivity index (χ3v) is 3.11. The van der Waals surface area contributed by atoms with Crippen LogP contribution in [0.2, 0.25) is 0 Å². The molecule has 2 aromatic rings. The fourth-order valence-electron chi connectivity index (χ4n) is 2.04. The molecule has 21 heavy (non-hydrogen) atoms. The van der Waals surface area contributed by atoms with Gasteiger partial charge in [0, 0.05) is 0 Å². The summed E-state index contributed by atoms with van der Waals surface area (Å²) in [5.74, 6) is -0.860. The number of hydrogen-bond acceptors (Lipinski definition) is 4. The van der Waals surface area contributed by atoms with Crippen molar-refractivity contribution in [1.29, 1.82) is 0 Å². The number of rotatable bonds is 2. The molecule has 2 N–H and O–H groups in total. The molecule has 0 atom stereocenters. The molecule has 0 fully saturated rings. The van der Waals surface area contributed by atoms with Crippen molar-refractivity contribution >= 4 is 17.8 Å². The fourth-order valence-corrected chi connectivity index (χ4v) is 2.04. The number of ketones is 1. The molecule has 3 rings (SSSR count). The van der Waals surface area contributed by atoms with Gasteiger partial charge in [-0.15, -0.1) is 0 Å². The molecule has 0 saturated heterocycles. The lowest BCUT2D eigenvalue weighted by Crippen LogP contribution is -2.00. The van der Waals surface area contributed by atoms with Gasteiger partial charge >= 0.3 is 5.97 Å². The molecule has 0 amide bonds. The van der Waals surface area contributed by atoms with Crippen LogP contribution in [0.15, 0.2) is 48.2 Å². The van der Waals surface area contributed by atoms with Crippen LogP contribution in [0.5, 0.6) is 11.5 Å². The van der Waals surface area contributed by atoms with E-state index >= 15 is 0 Å². The number of benzene rings is 2. The zero-order valence-corrected chi connectivity index (χ0v) is 10.7. The van der Waals surface area contributed by atoms with Crippen LogP contribution in [-0.4, -0.2) is 22.0 Å². The highest BCUT2D eigenvalue weighted by molar-refractivity contribution is 6.15. The van der Waals surface area contributed by atoms with Crippen LogP contribution in [0.4, 0.5) is 0 Å². The average molecular weight is 282 g/mol. The lowest BCUT2D eigenvalue weighted by Gasteiger charge is -1.99. The molecule has 0 bridgehead atoms. The lowest BCUT2D eigenvalue weighted by atomic mass is 10.1. The van der Waals surface area contributed by atoms with Crippen molar-refractivity contribution in [2.45, 2.75) is 0 Å². The molecule has 5 heteroatoms. The molecule has 0 radical (unpaired) electrons. The smallest absolute Gasteiger partial charge is 0.335 e. The summed E-state index contributed by atoms with van der Waals surface area (Å²) in [6, 6.07) is 10.4. The van der Waals surface area contributed by atoms with Gasteiger partial charge in [0.2, 0.25) is 5.78 Å². The van der Waals surface area contributed by atoms with E-state index in [-0.39, 0.29) is 28.4 Å². The van der Waals surface area contributed by atoms with Crippen molar-refractivity contribution < 1.29 is 24.5 Å². The van der Waals surface area contributed by atoms with Gasteiger partial charge in [-0.05, 0) is 42.0 Å². The van der Waals surface area contributed by atoms with Crippen LogP contribution in [0.3, 0.4) is 0 Å². The maximum Gasteiger partial charge on any atom is 0.335 e. The van der Waals surface area contributed by atoms with Crippen molar-refractivity contribution in [3.8, 4) is 11.5 Å². The number of carboxylic acids is 1. The summed E-state index contributed by atoms with van der Waals surface area (Å²) in [7, 11) is 0. The second kappa shape index (κ2) is 4.79. The number of aromatic carboxylic acids is 1. The molecule has 0 aliphatic carbocycles. The molecule has 104 valence electrons. The van der Waals surface area contributed by atoms with Crippen molar-refractivity contribution in [3.05, 3.63) is 64.9 Å². The topological polar surface area (TPSA) is 83.8 Å². The van der Waals surface area contributed by atoms with Crippen molar-refractivity contribution in [3.63, 3.8) is 0 Å². The Bertz CT molecular complexity index is 772. The fraction of sp³-hybridized carbons (Fsp3) is 0. The summed E-state index contributed by atoms with van der Waals surface area (Å²) in [6.07, 6.45) is 1.54. The highest BCUT2D eigenvalue weighted by Crippen LogP contribution is 2.32. The molecule has 0 aromatic heterocycles. The third-order valence-electron chi connectivity index (χ3n) is 3.11. The standard InChI is InChI=1S/C16H10O5/c17-11-4-1-9(2-5-11)7-14-15(18)12-8-10(16(19)20)3-6-13(12)21-14/h1-8,17H,(H,19,20). The first-order valence-corrected chi connectivity index (χ1v) is 6.15. The predicted octanol–water partition coefficient (Wildman–Crippen LogP) is 2.71. The second-order valence-corrected chi connectivity index (χ2v) is 4.55. The van der Waals surface area contributed by atoms with E-state index in [1.54, 1.807) is 18.2 Å². The van der Waals surface area contributed by atoms with Crippen LogP contribution in [0.1, 0.15) is 26.3 Å². The van der Waals surface area contributed by atoms with E-state index in [0.29, 0.717) is 11.3 Å². The highest BCUT2D eigenvalue weighted by Gasteiger charge is 2.28. The number of fused-ring (bicyclic) bond motifs is 1. The quantitative estimate of drug-likeness (QED) is 0.827. The van der Waals surface area contributed by atoms with Gasteiger partial charge in [-0.3, -0.25) is 4.79 Å². The summed E-state index contributed by atoms with van der Waals surface area (Å²) < 4.78 is 5.44. The van der Waals surface area contributed by atoms with Crippen molar-refractivity contribution in [2.75, 3.05) is 0 Å². The van der Waals surface area contributed by atoms with E-state index < -0.39 is 5.97 Å². The summed E-state index contributed by atoms with van der Waals surface area (Å²) in [5.41, 5.74) is 0.971. The molecule has 0 spiro atoms. The Kier molecular flexibility index (Phi) is 2.95. The van der Waals surface area contributed by atoms with Gasteiger partial charge in [0.25, 0.3) is 0 Å². The average Bonchev–Trinajstić information content (AvgIpc) is 2.77. The summed E-state index contributed by atoms with van der Waals surface area (Å²) in [5, 5.41) is 18.2. The molecule has 0 saturated carbocycles. The van der Waals surface area contributed by atoms with E-state index in [1.165, 1.54) is 30.3 Å². The highest BCUT2D eigenvalue weighted by atomic mass is 16.5. The predicted molar refractivity (Wildman–Crippen MR) is 74.4 cm³/mol. The van der Waals surface area contributed by atoms with Gasteiger partial charge in [-0.1, -0.05) is 12.1 Å². The number of hydrogen-bond donors (Lipinski definition) is 2. The number of allylic oxidation sites excluding steroid dienone is 1. The Labute approximate surface area is 119 Å². The van der Waals surface area contributed by atoms with Gasteiger partial charge < -0.3 is 14.9 Å². The Morgan fingerprint density at radius 2 is 1.81 bits per heavy atom. The molecule has 5 nitrogen and oxygen atoms in total. The number of Topliss-reactive ketones (excluding diaryl/α,β-unsaturated/α-hetero) is 1. The first-order chi connectivity index (χ1) is 10.0. The number of carbonyl (C=O) groups excluding carboxylic acids is 1. The minimum absolute atomic E-state index is 0.0385. The van der Waals surface area contributed by atoms with Gasteiger partial charge in [0.15, 0.2) is 5.76 Å². The van der Waals surface area contributed by atoms with Gasteiger partial charge in [-0.25, -0.2) is 4.79 Å². The van der Waals surface area contributed by atoms with E-state index in [9.17, 15) is 14.7 Å². The summed E-state index contributed by atoms with van der Waals surface area (Å²) in [6.45, 7) is 0. The molecule has 1 aliphatic heterocycles. The molecular formula is C16H10O5. The van der Waals surface area contributed by atoms with Crippen LogP contribution in [0, 0.1) is 0 Å². The van der Waals surface area contributed by atoms with Crippen LogP contribution >= 0.6 is 0 Å². The van der Waals surface area contributed by atoms with E-state index in [1.807, 2.05) is 0 Å². The van der Waals surface area contributed by atoms with Crippen LogP contribution in [0.25, 0.3) is 6.08 Å². The minimum atomic E-state index is -1.10. The Hall–Kier alpha value is -3.08. The second-order valence-electron chi connectivity index (χ2n) is 4.55. The summed E-state index contributed by atoms with van der Waals surface area (Å²) in [4.78, 5) is 23.1. The number of carbonyl (C=O) groups is 2. The minimum Gasteiger partial charge on any atom is -0.508 e. The maximum atomic E-state index is 12.2. The maximum absolute atomic E-state index is 12.2. The molecule has 1 aliphatic rings. The number of phenolic OH excluding ortho intramolecular Hbond substituents is 1. The van der Waals surface area contributed by atoms with E-state index in [0.717, 1.165) is 0 Å². The molecule has 1 heterocycles. The normalized spacial score (nSPS) is 14.9. The molecule has 0 unspecified atom stereocenters. The first kappa shape index (κ1) is 12.9. The number of aromatic hydroxyl groups is 1. The van der Waals surface area contributed by atoms with E-state index in [2.05, 4.69) is 0 Å². The van der Waals surface area contributed by atoms with Crippen molar-refractivity contribution in [1.82, 2.24) is 0 Å². The number of phenols is 1. The Morgan fingerprint density at radius 3 is 2.48 bits per heavy atom. The SMILES string of the molecule is O=C(O)c1ccc2c(c1)C(=O)C(=Cc1ccc(O)cc1)O2. The monoisotopic (exact) mass is 282 g/mol. The van der Waals surface area contributed by atoms with Gasteiger partial charge in [0.05, 0.1) is 11.1 Å². The van der Waals surface area contributed by atoms with Gasteiger partial charge in [-0.2, -0.15) is 0 Å². The number of carboxylic acid groups (broad SMARTS) is 1. The van der Waals surface area contributed by atoms with E-state index in [4.69, 9.17) is 9.84 Å². The first-order valence-electron chi connectivity index (χ1n) is 6.15. The zero-order chi connectivity index (χ0) is 15.0. The third kappa shape index (κ3) is 2.36. The van der Waals surface area contributed by atoms with Crippen molar-refractivity contribution in [2.24, 2.45) is 0 Å². The van der Waals surface area contributed by atoms with Crippen LogP contribution < -0.4 is 4.74 Å². The summed E-state index contributed by atoms with van der Waals surface area (Å²) >= 11 is 0. The molecular weight excluding hydrogens is 272 g/mol. The number of ether oxygens (including phenoxy) is 1. The molecule has 2 aromatic carbocycles. The largest absolute Gasteiger partial charge is 0.508 e. The van der Waals surface area contributed by atoms with Crippen LogP contribution in [-0.2, 0) is 0 Å².